The highest BCUT2D eigenvalue weighted by Crippen LogP contribution is 2.44. The van der Waals surface area contributed by atoms with Gasteiger partial charge in [0, 0.05) is 18.7 Å². The number of hydrogen-bond acceptors (Lipinski definition) is 4. The molecule has 2 aliphatic rings. The van der Waals surface area contributed by atoms with Gasteiger partial charge in [-0.1, -0.05) is 12.1 Å². The number of rotatable bonds is 1. The fraction of sp³-hybridized carbons (Fsp3) is 0.588. The minimum absolute atomic E-state index is 0.578. The predicted octanol–water partition coefficient (Wildman–Crippen LogP) is 2.53. The second-order valence-electron chi connectivity index (χ2n) is 5.93. The van der Waals surface area contributed by atoms with Crippen LogP contribution in [0.3, 0.4) is 0 Å². The second-order valence-corrected chi connectivity index (χ2v) is 5.93. The maximum absolute atomic E-state index is 10.1. The van der Waals surface area contributed by atoms with Crippen molar-refractivity contribution >= 4 is 0 Å². The van der Waals surface area contributed by atoms with Crippen molar-refractivity contribution in [2.45, 2.75) is 32.2 Å². The van der Waals surface area contributed by atoms with Gasteiger partial charge < -0.3 is 9.47 Å². The Morgan fingerprint density at radius 1 is 1.14 bits per heavy atom. The molecule has 0 spiro atoms. The molecule has 1 unspecified atom stereocenters. The fourth-order valence-corrected chi connectivity index (χ4v) is 3.56. The van der Waals surface area contributed by atoms with Crippen molar-refractivity contribution in [1.29, 1.82) is 5.26 Å². The molecule has 1 atom stereocenters. The third-order valence-corrected chi connectivity index (χ3v) is 4.64. The van der Waals surface area contributed by atoms with E-state index in [1.54, 1.807) is 0 Å². The number of aryl methyl sites for hydroxylation is 2. The van der Waals surface area contributed by atoms with Crippen molar-refractivity contribution in [1.82, 2.24) is 4.90 Å². The summed E-state index contributed by atoms with van der Waals surface area (Å²) in [4.78, 5) is 2.29. The maximum Gasteiger partial charge on any atom is 0.138 e. The summed E-state index contributed by atoms with van der Waals surface area (Å²) in [5.41, 5.74) is 2.76. The monoisotopic (exact) mass is 286 g/mol. The molecule has 1 aromatic carbocycles. The average molecular weight is 286 g/mol. The van der Waals surface area contributed by atoms with Crippen LogP contribution in [-0.2, 0) is 10.3 Å². The number of morpholine rings is 1. The summed E-state index contributed by atoms with van der Waals surface area (Å²) in [6, 6.07) is 6.83. The highest BCUT2D eigenvalue weighted by atomic mass is 16.5. The molecular weight excluding hydrogens is 264 g/mol. The van der Waals surface area contributed by atoms with Crippen LogP contribution in [0.4, 0.5) is 0 Å². The van der Waals surface area contributed by atoms with Crippen LogP contribution in [0.15, 0.2) is 12.1 Å². The van der Waals surface area contributed by atoms with E-state index in [1.807, 2.05) is 0 Å². The molecule has 1 fully saturated rings. The van der Waals surface area contributed by atoms with Crippen LogP contribution < -0.4 is 4.74 Å². The van der Waals surface area contributed by atoms with Crippen molar-refractivity contribution in [3.05, 3.63) is 28.8 Å². The maximum atomic E-state index is 10.1. The summed E-state index contributed by atoms with van der Waals surface area (Å²) in [6.45, 7) is 7.84. The van der Waals surface area contributed by atoms with Crippen molar-refractivity contribution in [2.24, 2.45) is 0 Å². The highest BCUT2D eigenvalue weighted by Gasteiger charge is 2.44. The number of hydrogen-bond donors (Lipinski definition) is 0. The first-order chi connectivity index (χ1) is 10.2. The number of nitrogens with zero attached hydrogens (tertiary/aromatic N) is 2. The summed E-state index contributed by atoms with van der Waals surface area (Å²) in [6.07, 6.45) is 1.72. The van der Waals surface area contributed by atoms with Gasteiger partial charge in [0.1, 0.15) is 11.3 Å². The zero-order chi connectivity index (χ0) is 14.9. The Morgan fingerprint density at radius 2 is 1.86 bits per heavy atom. The predicted molar refractivity (Wildman–Crippen MR) is 80.3 cm³/mol. The third kappa shape index (κ3) is 2.31. The normalized spacial score (nSPS) is 26.3. The molecule has 1 saturated heterocycles. The smallest absolute Gasteiger partial charge is 0.138 e. The third-order valence-electron chi connectivity index (χ3n) is 4.64. The van der Waals surface area contributed by atoms with E-state index in [2.05, 4.69) is 36.9 Å². The van der Waals surface area contributed by atoms with Crippen LogP contribution in [0.2, 0.25) is 0 Å². The SMILES string of the molecule is Cc1ccc(C)c2c1OCCCC2(C#N)N1CCOCC1. The second kappa shape index (κ2) is 5.67. The van der Waals surface area contributed by atoms with Gasteiger partial charge in [-0.25, -0.2) is 0 Å². The standard InChI is InChI=1S/C17H22N2O2/c1-13-4-5-14(2)16-15(13)17(12-18,6-3-9-21-16)19-7-10-20-11-8-19/h4-5H,3,6-11H2,1-2H3. The van der Waals surface area contributed by atoms with Crippen molar-refractivity contribution in [3.63, 3.8) is 0 Å². The van der Waals surface area contributed by atoms with E-state index in [1.165, 1.54) is 0 Å². The molecule has 0 saturated carbocycles. The number of fused-ring (bicyclic) bond motifs is 1. The van der Waals surface area contributed by atoms with Gasteiger partial charge in [0.25, 0.3) is 0 Å². The molecule has 0 amide bonds. The summed E-state index contributed by atoms with van der Waals surface area (Å²) in [5.74, 6) is 0.917. The zero-order valence-electron chi connectivity index (χ0n) is 12.8. The molecule has 4 heteroatoms. The summed E-state index contributed by atoms with van der Waals surface area (Å²) >= 11 is 0. The average Bonchev–Trinajstić information content (AvgIpc) is 2.73. The van der Waals surface area contributed by atoms with Crippen LogP contribution in [-0.4, -0.2) is 37.8 Å². The van der Waals surface area contributed by atoms with E-state index < -0.39 is 5.54 Å². The first kappa shape index (κ1) is 14.4. The van der Waals surface area contributed by atoms with Gasteiger partial charge >= 0.3 is 0 Å². The Kier molecular flexibility index (Phi) is 3.88. The molecule has 1 aromatic rings. The van der Waals surface area contributed by atoms with Gasteiger partial charge in [0.15, 0.2) is 0 Å². The van der Waals surface area contributed by atoms with Gasteiger partial charge in [0.05, 0.1) is 25.9 Å². The Hall–Kier alpha value is -1.57. The van der Waals surface area contributed by atoms with Crippen LogP contribution in [0.1, 0.15) is 29.5 Å². The van der Waals surface area contributed by atoms with Crippen molar-refractivity contribution in [3.8, 4) is 11.8 Å². The molecule has 4 nitrogen and oxygen atoms in total. The molecule has 0 aliphatic carbocycles. The minimum atomic E-state index is -0.578. The lowest BCUT2D eigenvalue weighted by molar-refractivity contribution is -0.00782. The Balaban J connectivity index is 2.17. The first-order valence-electron chi connectivity index (χ1n) is 7.66. The Bertz CT molecular complexity index is 573. The van der Waals surface area contributed by atoms with Gasteiger partial charge in [-0.3, -0.25) is 4.90 Å². The van der Waals surface area contributed by atoms with Crippen molar-refractivity contribution in [2.75, 3.05) is 32.9 Å². The van der Waals surface area contributed by atoms with Crippen LogP contribution in [0.25, 0.3) is 0 Å². The van der Waals surface area contributed by atoms with E-state index in [4.69, 9.17) is 9.47 Å². The van der Waals surface area contributed by atoms with E-state index in [0.717, 1.165) is 48.4 Å². The molecule has 2 aliphatic heterocycles. The summed E-state index contributed by atoms with van der Waals surface area (Å²) in [7, 11) is 0. The molecule has 0 radical (unpaired) electrons. The first-order valence-corrected chi connectivity index (χ1v) is 7.66. The van der Waals surface area contributed by atoms with Crippen molar-refractivity contribution < 1.29 is 9.47 Å². The molecule has 0 bridgehead atoms. The van der Waals surface area contributed by atoms with Gasteiger partial charge in [-0.2, -0.15) is 5.26 Å². The summed E-state index contributed by atoms with van der Waals surface area (Å²) < 4.78 is 11.5. The topological polar surface area (TPSA) is 45.5 Å². The van der Waals surface area contributed by atoms with E-state index in [9.17, 15) is 5.26 Å². The van der Waals surface area contributed by atoms with E-state index >= 15 is 0 Å². The zero-order valence-corrected chi connectivity index (χ0v) is 12.8. The fourth-order valence-electron chi connectivity index (χ4n) is 3.56. The van der Waals surface area contributed by atoms with Crippen LogP contribution in [0.5, 0.6) is 5.75 Å². The lowest BCUT2D eigenvalue weighted by Gasteiger charge is -2.41. The minimum Gasteiger partial charge on any atom is -0.493 e. The van der Waals surface area contributed by atoms with Gasteiger partial charge in [-0.05, 0) is 37.8 Å². The van der Waals surface area contributed by atoms with E-state index in [0.29, 0.717) is 19.8 Å². The molecule has 0 N–H and O–H groups in total. The van der Waals surface area contributed by atoms with E-state index in [-0.39, 0.29) is 0 Å². The molecule has 2 heterocycles. The number of ether oxygens (including phenoxy) is 2. The molecular formula is C17H22N2O2. The Labute approximate surface area is 126 Å². The van der Waals surface area contributed by atoms with Crippen LogP contribution >= 0.6 is 0 Å². The highest BCUT2D eigenvalue weighted by molar-refractivity contribution is 5.53. The molecule has 0 aromatic heterocycles. The Morgan fingerprint density at radius 3 is 2.57 bits per heavy atom. The number of benzene rings is 1. The number of nitriles is 1. The van der Waals surface area contributed by atoms with Gasteiger partial charge in [0.2, 0.25) is 0 Å². The molecule has 3 rings (SSSR count). The lowest BCUT2D eigenvalue weighted by atomic mass is 9.81. The summed E-state index contributed by atoms with van der Waals surface area (Å²) in [5, 5.41) is 10.1. The molecule has 21 heavy (non-hydrogen) atoms. The largest absolute Gasteiger partial charge is 0.493 e. The quantitative estimate of drug-likeness (QED) is 0.796. The molecule has 112 valence electrons. The van der Waals surface area contributed by atoms with Crippen LogP contribution in [0, 0.1) is 25.2 Å². The van der Waals surface area contributed by atoms with Gasteiger partial charge in [-0.15, -0.1) is 0 Å². The lowest BCUT2D eigenvalue weighted by Crippen LogP contribution is -2.50.